The van der Waals surface area contributed by atoms with Crippen LogP contribution in [-0.4, -0.2) is 46.2 Å². The van der Waals surface area contributed by atoms with Crippen LogP contribution in [0, 0.1) is 0 Å². The van der Waals surface area contributed by atoms with E-state index < -0.39 is 0 Å². The summed E-state index contributed by atoms with van der Waals surface area (Å²) in [5, 5.41) is 0. The molecule has 0 N–H and O–H groups in total. The van der Waals surface area contributed by atoms with Crippen LogP contribution in [0.2, 0.25) is 0 Å². The Kier molecular flexibility index (Phi) is 4.20. The third-order valence-electron chi connectivity index (χ3n) is 4.04. The van der Waals surface area contributed by atoms with Gasteiger partial charge in [0, 0.05) is 13.2 Å². The first-order valence-electron chi connectivity index (χ1n) is 7.56. The van der Waals surface area contributed by atoms with Crippen LogP contribution in [0.5, 0.6) is 0 Å². The number of nitrogens with zero attached hydrogens (tertiary/aromatic N) is 3. The van der Waals surface area contributed by atoms with Gasteiger partial charge in [0.25, 0.3) is 0 Å². The summed E-state index contributed by atoms with van der Waals surface area (Å²) in [6.07, 6.45) is 3.85. The van der Waals surface area contributed by atoms with Crippen molar-refractivity contribution in [1.29, 1.82) is 0 Å². The maximum Gasteiger partial charge on any atom is 0.242 e. The van der Waals surface area contributed by atoms with E-state index in [1.807, 2.05) is 40.7 Å². The summed E-state index contributed by atoms with van der Waals surface area (Å²) in [6, 6.07) is 8.12. The molecular weight excluding hydrogens is 266 g/mol. The average molecular weight is 287 g/mol. The summed E-state index contributed by atoms with van der Waals surface area (Å²) in [5.41, 5.74) is 1.93. The lowest BCUT2D eigenvalue weighted by atomic mass is 10.2. The first kappa shape index (κ1) is 14.1. The predicted octanol–water partition coefficient (Wildman–Crippen LogP) is 2.06. The molecule has 1 atom stereocenters. The van der Waals surface area contributed by atoms with Crippen LogP contribution in [0.4, 0.5) is 0 Å². The zero-order valence-corrected chi connectivity index (χ0v) is 12.4. The number of carbonyl (C=O) groups excluding carboxylic acids is 1. The molecule has 5 nitrogen and oxygen atoms in total. The number of benzene rings is 1. The van der Waals surface area contributed by atoms with Crippen molar-refractivity contribution in [3.8, 4) is 0 Å². The van der Waals surface area contributed by atoms with Crippen molar-refractivity contribution in [2.24, 2.45) is 0 Å². The Balaban J connectivity index is 1.71. The van der Waals surface area contributed by atoms with Crippen LogP contribution < -0.4 is 0 Å². The fourth-order valence-corrected chi connectivity index (χ4v) is 2.96. The molecule has 21 heavy (non-hydrogen) atoms. The third-order valence-corrected chi connectivity index (χ3v) is 4.04. The van der Waals surface area contributed by atoms with Crippen molar-refractivity contribution >= 4 is 16.9 Å². The molecule has 1 aliphatic rings. The van der Waals surface area contributed by atoms with Crippen molar-refractivity contribution in [3.05, 3.63) is 30.6 Å². The van der Waals surface area contributed by atoms with Crippen molar-refractivity contribution in [2.75, 3.05) is 19.8 Å². The number of imidazole rings is 1. The van der Waals surface area contributed by atoms with E-state index >= 15 is 0 Å². The highest BCUT2D eigenvalue weighted by atomic mass is 16.5. The Hall–Kier alpha value is -1.88. The van der Waals surface area contributed by atoms with E-state index in [0.717, 1.165) is 30.4 Å². The van der Waals surface area contributed by atoms with Crippen molar-refractivity contribution in [2.45, 2.75) is 32.4 Å². The molecule has 1 fully saturated rings. The molecule has 112 valence electrons. The molecular formula is C16H21N3O2. The van der Waals surface area contributed by atoms with Crippen LogP contribution in [0.25, 0.3) is 11.0 Å². The third kappa shape index (κ3) is 2.93. The lowest BCUT2D eigenvalue weighted by Gasteiger charge is -2.24. The topological polar surface area (TPSA) is 47.4 Å². The summed E-state index contributed by atoms with van der Waals surface area (Å²) in [6.45, 7) is 4.52. The minimum Gasteiger partial charge on any atom is -0.380 e. The zero-order valence-electron chi connectivity index (χ0n) is 12.4. The Morgan fingerprint density at radius 1 is 1.43 bits per heavy atom. The highest BCUT2D eigenvalue weighted by molar-refractivity contribution is 5.80. The molecule has 3 rings (SSSR count). The van der Waals surface area contributed by atoms with E-state index in [9.17, 15) is 4.79 Å². The number of rotatable bonds is 5. The first-order valence-corrected chi connectivity index (χ1v) is 7.56. The lowest BCUT2D eigenvalue weighted by Crippen LogP contribution is -2.40. The van der Waals surface area contributed by atoms with Crippen LogP contribution >= 0.6 is 0 Å². The second-order valence-electron chi connectivity index (χ2n) is 5.40. The van der Waals surface area contributed by atoms with Gasteiger partial charge in [-0.25, -0.2) is 4.98 Å². The van der Waals surface area contributed by atoms with Crippen molar-refractivity contribution < 1.29 is 9.53 Å². The Bertz CT molecular complexity index is 623. The molecule has 5 heteroatoms. The van der Waals surface area contributed by atoms with Gasteiger partial charge in [-0.05, 0) is 31.9 Å². The van der Waals surface area contributed by atoms with Crippen LogP contribution in [0.15, 0.2) is 30.6 Å². The molecule has 0 radical (unpaired) electrons. The minimum atomic E-state index is 0.153. The quantitative estimate of drug-likeness (QED) is 0.845. The van der Waals surface area contributed by atoms with Gasteiger partial charge in [-0.15, -0.1) is 0 Å². The number of fused-ring (bicyclic) bond motifs is 1. The molecule has 0 spiro atoms. The van der Waals surface area contributed by atoms with Gasteiger partial charge in [0.1, 0.15) is 6.54 Å². The number of ether oxygens (including phenoxy) is 1. The highest BCUT2D eigenvalue weighted by Gasteiger charge is 2.28. The van der Waals surface area contributed by atoms with Crippen LogP contribution in [0.1, 0.15) is 19.8 Å². The average Bonchev–Trinajstić information content (AvgIpc) is 3.12. The maximum absolute atomic E-state index is 12.6. The fourth-order valence-electron chi connectivity index (χ4n) is 2.96. The number of para-hydroxylation sites is 2. The smallest absolute Gasteiger partial charge is 0.242 e. The van der Waals surface area contributed by atoms with Crippen molar-refractivity contribution in [1.82, 2.24) is 14.5 Å². The van der Waals surface area contributed by atoms with Gasteiger partial charge in [-0.1, -0.05) is 12.1 Å². The van der Waals surface area contributed by atoms with E-state index in [0.29, 0.717) is 19.8 Å². The molecule has 0 bridgehead atoms. The Morgan fingerprint density at radius 3 is 3.14 bits per heavy atom. The lowest BCUT2D eigenvalue weighted by molar-refractivity contribution is -0.133. The van der Waals surface area contributed by atoms with Crippen molar-refractivity contribution in [3.63, 3.8) is 0 Å². The molecule has 1 aromatic carbocycles. The van der Waals surface area contributed by atoms with Gasteiger partial charge >= 0.3 is 0 Å². The summed E-state index contributed by atoms with van der Waals surface area (Å²) in [5.74, 6) is 0.153. The Labute approximate surface area is 124 Å². The highest BCUT2D eigenvalue weighted by Crippen LogP contribution is 2.19. The normalized spacial score (nSPS) is 18.5. The summed E-state index contributed by atoms with van der Waals surface area (Å²) < 4.78 is 7.41. The fraction of sp³-hybridized carbons (Fsp3) is 0.500. The second kappa shape index (κ2) is 6.26. The molecule has 2 heterocycles. The number of hydrogen-bond donors (Lipinski definition) is 0. The predicted molar refractivity (Wildman–Crippen MR) is 81.0 cm³/mol. The maximum atomic E-state index is 12.6. The summed E-state index contributed by atoms with van der Waals surface area (Å²) in [7, 11) is 0. The molecule has 1 aliphatic heterocycles. The molecule has 0 saturated carbocycles. The largest absolute Gasteiger partial charge is 0.380 e. The van der Waals surface area contributed by atoms with Crippen LogP contribution in [0.3, 0.4) is 0 Å². The van der Waals surface area contributed by atoms with Gasteiger partial charge in [0.2, 0.25) is 5.91 Å². The first-order chi connectivity index (χ1) is 10.3. The number of likely N-dealkylation sites (tertiary alicyclic amines) is 1. The number of hydrogen-bond acceptors (Lipinski definition) is 3. The summed E-state index contributed by atoms with van der Waals surface area (Å²) >= 11 is 0. The number of aromatic nitrogens is 2. The van der Waals surface area contributed by atoms with Gasteiger partial charge in [0.15, 0.2) is 0 Å². The second-order valence-corrected chi connectivity index (χ2v) is 5.40. The van der Waals surface area contributed by atoms with E-state index in [4.69, 9.17) is 4.74 Å². The van der Waals surface area contributed by atoms with Gasteiger partial charge in [-0.3, -0.25) is 4.79 Å². The number of carbonyl (C=O) groups is 1. The molecule has 1 saturated heterocycles. The zero-order chi connectivity index (χ0) is 14.7. The van der Waals surface area contributed by atoms with Gasteiger partial charge in [-0.2, -0.15) is 0 Å². The van der Waals surface area contributed by atoms with Gasteiger partial charge < -0.3 is 14.2 Å². The molecule has 0 aliphatic carbocycles. The standard InChI is InChI=1S/C16H21N3O2/c1-2-21-11-13-6-5-9-19(13)16(20)10-18-12-17-14-7-3-4-8-15(14)18/h3-4,7-8,12-13H,2,5-6,9-11H2,1H3. The Morgan fingerprint density at radius 2 is 2.29 bits per heavy atom. The molecule has 1 unspecified atom stereocenters. The molecule has 1 aromatic heterocycles. The van der Waals surface area contributed by atoms with Gasteiger partial charge in [0.05, 0.1) is 30.0 Å². The van der Waals surface area contributed by atoms with E-state index in [2.05, 4.69) is 4.98 Å². The van der Waals surface area contributed by atoms with Crippen LogP contribution in [-0.2, 0) is 16.1 Å². The summed E-state index contributed by atoms with van der Waals surface area (Å²) in [4.78, 5) is 18.8. The van der Waals surface area contributed by atoms with E-state index in [-0.39, 0.29) is 11.9 Å². The molecule has 2 aromatic rings. The number of amides is 1. The minimum absolute atomic E-state index is 0.153. The van der Waals surface area contributed by atoms with E-state index in [1.165, 1.54) is 0 Å². The van der Waals surface area contributed by atoms with E-state index in [1.54, 1.807) is 6.33 Å². The SMILES string of the molecule is CCOCC1CCCN1C(=O)Cn1cnc2ccccc21. The monoisotopic (exact) mass is 287 g/mol. The molecule has 1 amide bonds.